The van der Waals surface area contributed by atoms with Crippen molar-refractivity contribution in [1.29, 1.82) is 5.41 Å². The molecule has 0 aromatic heterocycles. The van der Waals surface area contributed by atoms with Gasteiger partial charge in [0.05, 0.1) is 5.92 Å². The SMILES string of the molecule is C=CCc1ccccc1OC(=O)C1CCN(C(=N)N)CC1.Cl. The van der Waals surface area contributed by atoms with Crippen LogP contribution in [0.25, 0.3) is 0 Å². The number of carbonyl (C=O) groups is 1. The van der Waals surface area contributed by atoms with Gasteiger partial charge in [-0.05, 0) is 30.9 Å². The summed E-state index contributed by atoms with van der Waals surface area (Å²) in [5, 5.41) is 7.39. The molecule has 1 saturated heterocycles. The molecule has 6 heteroatoms. The maximum absolute atomic E-state index is 12.2. The van der Waals surface area contributed by atoms with Gasteiger partial charge >= 0.3 is 5.97 Å². The Labute approximate surface area is 137 Å². The van der Waals surface area contributed by atoms with E-state index >= 15 is 0 Å². The second kappa shape index (κ2) is 8.44. The lowest BCUT2D eigenvalue weighted by Crippen LogP contribution is -2.44. The van der Waals surface area contributed by atoms with Crippen LogP contribution in [0.3, 0.4) is 0 Å². The minimum Gasteiger partial charge on any atom is -0.426 e. The summed E-state index contributed by atoms with van der Waals surface area (Å²) >= 11 is 0. The van der Waals surface area contributed by atoms with Crippen molar-refractivity contribution in [3.63, 3.8) is 0 Å². The van der Waals surface area contributed by atoms with Crippen molar-refractivity contribution in [2.45, 2.75) is 19.3 Å². The van der Waals surface area contributed by atoms with Gasteiger partial charge in [0.2, 0.25) is 0 Å². The van der Waals surface area contributed by atoms with Gasteiger partial charge in [0.15, 0.2) is 5.96 Å². The van der Waals surface area contributed by atoms with E-state index in [2.05, 4.69) is 6.58 Å². The highest BCUT2D eigenvalue weighted by atomic mass is 35.5. The summed E-state index contributed by atoms with van der Waals surface area (Å²) in [6.45, 7) is 4.97. The molecule has 1 aromatic carbocycles. The average Bonchev–Trinajstić information content (AvgIpc) is 2.49. The largest absolute Gasteiger partial charge is 0.426 e. The molecule has 0 spiro atoms. The third-order valence-electron chi connectivity index (χ3n) is 3.72. The van der Waals surface area contributed by atoms with Gasteiger partial charge in [0, 0.05) is 13.1 Å². The van der Waals surface area contributed by atoms with Gasteiger partial charge in [-0.25, -0.2) is 0 Å². The van der Waals surface area contributed by atoms with Crippen LogP contribution in [-0.2, 0) is 11.2 Å². The van der Waals surface area contributed by atoms with Gasteiger partial charge < -0.3 is 15.4 Å². The van der Waals surface area contributed by atoms with Crippen LogP contribution in [0.15, 0.2) is 36.9 Å². The first-order chi connectivity index (χ1) is 10.1. The van der Waals surface area contributed by atoms with E-state index in [0.717, 1.165) is 5.56 Å². The van der Waals surface area contributed by atoms with Crippen molar-refractivity contribution < 1.29 is 9.53 Å². The number of piperidine rings is 1. The Kier molecular flexibility index (Phi) is 6.92. The molecule has 1 fully saturated rings. The minimum absolute atomic E-state index is 0. The lowest BCUT2D eigenvalue weighted by atomic mass is 9.97. The molecule has 1 aliphatic heterocycles. The quantitative estimate of drug-likeness (QED) is 0.293. The standard InChI is InChI=1S/C16H21N3O2.ClH/c1-2-5-12-6-3-4-7-14(12)21-15(20)13-8-10-19(11-9-13)16(17)18;/h2-4,6-7,13H,1,5,8-11H2,(H3,17,18);1H. The molecule has 22 heavy (non-hydrogen) atoms. The molecule has 0 amide bonds. The molecule has 1 aliphatic rings. The molecule has 0 aliphatic carbocycles. The number of hydrogen-bond donors (Lipinski definition) is 2. The van der Waals surface area contributed by atoms with E-state index in [1.54, 1.807) is 17.0 Å². The summed E-state index contributed by atoms with van der Waals surface area (Å²) in [6.07, 6.45) is 3.80. The van der Waals surface area contributed by atoms with E-state index in [9.17, 15) is 4.79 Å². The van der Waals surface area contributed by atoms with Gasteiger partial charge in [-0.2, -0.15) is 0 Å². The fraction of sp³-hybridized carbons (Fsp3) is 0.375. The fourth-order valence-electron chi connectivity index (χ4n) is 2.48. The Morgan fingerprint density at radius 2 is 2.05 bits per heavy atom. The number of rotatable bonds is 4. The second-order valence-electron chi connectivity index (χ2n) is 5.17. The molecule has 1 aromatic rings. The third kappa shape index (κ3) is 4.49. The Balaban J connectivity index is 0.00000242. The van der Waals surface area contributed by atoms with Crippen LogP contribution in [0.2, 0.25) is 0 Å². The number of esters is 1. The van der Waals surface area contributed by atoms with Crippen molar-refractivity contribution in [2.75, 3.05) is 13.1 Å². The first-order valence-corrected chi connectivity index (χ1v) is 7.11. The maximum Gasteiger partial charge on any atom is 0.314 e. The van der Waals surface area contributed by atoms with Crippen LogP contribution in [-0.4, -0.2) is 29.9 Å². The number of carbonyl (C=O) groups excluding carboxylic acids is 1. The molecule has 0 radical (unpaired) electrons. The zero-order valence-corrected chi connectivity index (χ0v) is 13.3. The van der Waals surface area contributed by atoms with Gasteiger partial charge in [-0.3, -0.25) is 10.2 Å². The first-order valence-electron chi connectivity index (χ1n) is 7.11. The zero-order chi connectivity index (χ0) is 15.2. The van der Waals surface area contributed by atoms with E-state index in [1.807, 2.05) is 18.2 Å². The predicted molar refractivity (Wildman–Crippen MR) is 89.4 cm³/mol. The third-order valence-corrected chi connectivity index (χ3v) is 3.72. The highest BCUT2D eigenvalue weighted by Gasteiger charge is 2.27. The number of benzene rings is 1. The molecule has 120 valence electrons. The molecule has 0 bridgehead atoms. The van der Waals surface area contributed by atoms with Crippen molar-refractivity contribution in [1.82, 2.24) is 4.90 Å². The van der Waals surface area contributed by atoms with Crippen molar-refractivity contribution in [3.8, 4) is 5.75 Å². The summed E-state index contributed by atoms with van der Waals surface area (Å²) in [5.41, 5.74) is 6.41. The summed E-state index contributed by atoms with van der Waals surface area (Å²) in [4.78, 5) is 14.0. The predicted octanol–water partition coefficient (Wildman–Crippen LogP) is 2.35. The normalized spacial score (nSPS) is 14.8. The Morgan fingerprint density at radius 3 is 2.64 bits per heavy atom. The van der Waals surface area contributed by atoms with Gasteiger partial charge in [0.25, 0.3) is 0 Å². The van der Waals surface area contributed by atoms with Gasteiger partial charge in [-0.15, -0.1) is 19.0 Å². The minimum atomic E-state index is -0.199. The Morgan fingerprint density at radius 1 is 1.41 bits per heavy atom. The van der Waals surface area contributed by atoms with Crippen LogP contribution >= 0.6 is 12.4 Å². The molecule has 0 unspecified atom stereocenters. The molecule has 0 saturated carbocycles. The van der Waals surface area contributed by atoms with Crippen molar-refractivity contribution in [2.24, 2.45) is 11.7 Å². The Hall–Kier alpha value is -2.01. The number of hydrogen-bond acceptors (Lipinski definition) is 3. The smallest absolute Gasteiger partial charge is 0.314 e. The molecular weight excluding hydrogens is 302 g/mol. The van der Waals surface area contributed by atoms with Gasteiger partial charge in [-0.1, -0.05) is 24.3 Å². The fourth-order valence-corrected chi connectivity index (χ4v) is 2.48. The second-order valence-corrected chi connectivity index (χ2v) is 5.17. The summed E-state index contributed by atoms with van der Waals surface area (Å²) < 4.78 is 5.54. The molecule has 1 heterocycles. The number of nitrogens with one attached hydrogen (secondary N) is 1. The van der Waals surface area contributed by atoms with Crippen molar-refractivity contribution >= 4 is 24.3 Å². The van der Waals surface area contributed by atoms with Crippen LogP contribution in [0.1, 0.15) is 18.4 Å². The summed E-state index contributed by atoms with van der Waals surface area (Å²) in [5.74, 6) is 0.349. The maximum atomic E-state index is 12.2. The number of nitrogens with zero attached hydrogens (tertiary/aromatic N) is 1. The average molecular weight is 324 g/mol. The lowest BCUT2D eigenvalue weighted by Gasteiger charge is -2.31. The van der Waals surface area contributed by atoms with E-state index in [1.165, 1.54) is 0 Å². The topological polar surface area (TPSA) is 79.4 Å². The van der Waals surface area contributed by atoms with E-state index < -0.39 is 0 Å². The van der Waals surface area contributed by atoms with Crippen LogP contribution in [0, 0.1) is 11.3 Å². The number of ether oxygens (including phenoxy) is 1. The monoisotopic (exact) mass is 323 g/mol. The highest BCUT2D eigenvalue weighted by molar-refractivity contribution is 5.85. The molecule has 0 atom stereocenters. The highest BCUT2D eigenvalue weighted by Crippen LogP contribution is 2.23. The number of guanidine groups is 1. The Bertz CT molecular complexity index is 540. The number of nitrogens with two attached hydrogens (primary N) is 1. The molecule has 2 rings (SSSR count). The van der Waals surface area contributed by atoms with E-state index in [-0.39, 0.29) is 30.3 Å². The first kappa shape index (κ1) is 18.0. The van der Waals surface area contributed by atoms with Gasteiger partial charge in [0.1, 0.15) is 5.75 Å². The van der Waals surface area contributed by atoms with Crippen molar-refractivity contribution in [3.05, 3.63) is 42.5 Å². The number of likely N-dealkylation sites (tertiary alicyclic amines) is 1. The molecule has 5 nitrogen and oxygen atoms in total. The molecule has 3 N–H and O–H groups in total. The number of halogens is 1. The van der Waals surface area contributed by atoms with Crippen LogP contribution < -0.4 is 10.5 Å². The van der Waals surface area contributed by atoms with Crippen LogP contribution in [0.4, 0.5) is 0 Å². The van der Waals surface area contributed by atoms with Crippen LogP contribution in [0.5, 0.6) is 5.75 Å². The number of allylic oxidation sites excluding steroid dienone is 1. The number of para-hydroxylation sites is 1. The summed E-state index contributed by atoms with van der Waals surface area (Å²) in [7, 11) is 0. The zero-order valence-electron chi connectivity index (χ0n) is 12.5. The van der Waals surface area contributed by atoms with E-state index in [0.29, 0.717) is 38.1 Å². The van der Waals surface area contributed by atoms with E-state index in [4.69, 9.17) is 15.9 Å². The lowest BCUT2D eigenvalue weighted by molar-refractivity contribution is -0.140. The summed E-state index contributed by atoms with van der Waals surface area (Å²) in [6, 6.07) is 7.51. The molecular formula is C16H22ClN3O2.